The predicted molar refractivity (Wildman–Crippen MR) is 91.6 cm³/mol. The molecule has 0 aliphatic rings. The Balaban J connectivity index is 1.93. The number of nitrogens with one attached hydrogen (secondary N) is 1. The molecular formula is C16H17F3N2OS2. The summed E-state index contributed by atoms with van der Waals surface area (Å²) < 4.78 is 38.7. The largest absolute Gasteiger partial charge is 0.416 e. The zero-order chi connectivity index (χ0) is 18.0. The Hall–Kier alpha value is -1.54. The van der Waals surface area contributed by atoms with E-state index in [2.05, 4.69) is 31.1 Å². The average Bonchev–Trinajstić information content (AvgIpc) is 2.93. The van der Waals surface area contributed by atoms with Gasteiger partial charge in [0, 0.05) is 16.5 Å². The Morgan fingerprint density at radius 3 is 2.58 bits per heavy atom. The molecule has 2 rings (SSSR count). The van der Waals surface area contributed by atoms with Crippen molar-refractivity contribution in [1.29, 1.82) is 0 Å². The number of alkyl halides is 3. The van der Waals surface area contributed by atoms with Crippen LogP contribution in [0.5, 0.6) is 0 Å². The van der Waals surface area contributed by atoms with Gasteiger partial charge >= 0.3 is 6.18 Å². The summed E-state index contributed by atoms with van der Waals surface area (Å²) in [7, 11) is 0. The van der Waals surface area contributed by atoms with Crippen molar-refractivity contribution in [3.63, 3.8) is 0 Å². The normalized spacial score (nSPS) is 12.2. The molecule has 0 saturated carbocycles. The van der Waals surface area contributed by atoms with Gasteiger partial charge in [-0.3, -0.25) is 4.79 Å². The summed E-state index contributed by atoms with van der Waals surface area (Å²) in [6.45, 7) is 6.16. The summed E-state index contributed by atoms with van der Waals surface area (Å²) in [5.74, 6) is -0.278. The van der Waals surface area contributed by atoms with E-state index in [4.69, 9.17) is 0 Å². The molecule has 1 amide bonds. The third-order valence-electron chi connectivity index (χ3n) is 3.05. The number of carbonyl (C=O) groups is 1. The van der Waals surface area contributed by atoms with E-state index < -0.39 is 11.7 Å². The number of nitrogens with zero attached hydrogens (tertiary/aromatic N) is 1. The van der Waals surface area contributed by atoms with Gasteiger partial charge in [-0.1, -0.05) is 38.6 Å². The lowest BCUT2D eigenvalue weighted by molar-refractivity contribution is -0.137. The first-order valence-corrected chi connectivity index (χ1v) is 8.98. The Bertz CT molecular complexity index is 721. The van der Waals surface area contributed by atoms with Gasteiger partial charge in [-0.2, -0.15) is 13.2 Å². The second-order valence-electron chi connectivity index (χ2n) is 6.16. The van der Waals surface area contributed by atoms with Crippen LogP contribution in [0, 0.1) is 0 Å². The molecule has 2 aromatic rings. The number of carbonyl (C=O) groups excluding carboxylic acids is 1. The van der Waals surface area contributed by atoms with Gasteiger partial charge in [-0.15, -0.1) is 11.3 Å². The summed E-state index contributed by atoms with van der Waals surface area (Å²) >= 11 is 2.72. The summed E-state index contributed by atoms with van der Waals surface area (Å²) in [5, 5.41) is 4.43. The minimum atomic E-state index is -4.43. The van der Waals surface area contributed by atoms with Crippen molar-refractivity contribution in [3.8, 4) is 0 Å². The van der Waals surface area contributed by atoms with Gasteiger partial charge in [0.2, 0.25) is 5.91 Å². The third kappa shape index (κ3) is 5.24. The molecule has 130 valence electrons. The first-order valence-electron chi connectivity index (χ1n) is 7.11. The van der Waals surface area contributed by atoms with Gasteiger partial charge in [0.15, 0.2) is 4.34 Å². The van der Waals surface area contributed by atoms with Crippen molar-refractivity contribution >= 4 is 34.7 Å². The van der Waals surface area contributed by atoms with Crippen LogP contribution in [0.3, 0.4) is 0 Å². The average molecular weight is 374 g/mol. The molecule has 0 saturated heterocycles. The summed E-state index contributed by atoms with van der Waals surface area (Å²) in [4.78, 5) is 16.4. The molecule has 0 bridgehead atoms. The quantitative estimate of drug-likeness (QED) is 0.749. The highest BCUT2D eigenvalue weighted by molar-refractivity contribution is 8.01. The topological polar surface area (TPSA) is 42.0 Å². The Labute approximate surface area is 146 Å². The van der Waals surface area contributed by atoms with E-state index in [1.807, 2.05) is 5.38 Å². The van der Waals surface area contributed by atoms with Crippen molar-refractivity contribution in [2.24, 2.45) is 0 Å². The molecule has 8 heteroatoms. The highest BCUT2D eigenvalue weighted by Gasteiger charge is 2.30. The molecule has 3 nitrogen and oxygen atoms in total. The maximum atomic E-state index is 12.6. The van der Waals surface area contributed by atoms with Crippen LogP contribution >= 0.6 is 23.1 Å². The van der Waals surface area contributed by atoms with Gasteiger partial charge in [-0.25, -0.2) is 4.98 Å². The van der Waals surface area contributed by atoms with Gasteiger partial charge < -0.3 is 5.32 Å². The second-order valence-corrected chi connectivity index (χ2v) is 8.24. The van der Waals surface area contributed by atoms with Crippen molar-refractivity contribution in [2.45, 2.75) is 36.7 Å². The molecule has 1 heterocycles. The lowest BCUT2D eigenvalue weighted by Gasteiger charge is -2.14. The second kappa shape index (κ2) is 7.14. The Morgan fingerprint density at radius 1 is 1.29 bits per heavy atom. The first-order chi connectivity index (χ1) is 11.1. The van der Waals surface area contributed by atoms with E-state index in [0.29, 0.717) is 0 Å². The fourth-order valence-electron chi connectivity index (χ4n) is 1.77. The highest BCUT2D eigenvalue weighted by atomic mass is 32.2. The number of aromatic nitrogens is 1. The number of rotatable bonds is 4. The number of anilines is 1. The van der Waals surface area contributed by atoms with Crippen molar-refractivity contribution in [1.82, 2.24) is 4.98 Å². The summed E-state index contributed by atoms with van der Waals surface area (Å²) in [6.07, 6.45) is -4.43. The van der Waals surface area contributed by atoms with Crippen molar-refractivity contribution < 1.29 is 18.0 Å². The molecule has 0 spiro atoms. The minimum absolute atomic E-state index is 0.0599. The lowest BCUT2D eigenvalue weighted by atomic mass is 9.93. The molecule has 0 aliphatic carbocycles. The molecule has 0 unspecified atom stereocenters. The van der Waals surface area contributed by atoms with E-state index in [-0.39, 0.29) is 22.8 Å². The number of halogens is 3. The number of hydrogen-bond acceptors (Lipinski definition) is 4. The third-order valence-corrected chi connectivity index (χ3v) is 5.07. The van der Waals surface area contributed by atoms with E-state index in [1.54, 1.807) is 0 Å². The zero-order valence-electron chi connectivity index (χ0n) is 13.4. The minimum Gasteiger partial charge on any atom is -0.325 e. The van der Waals surface area contributed by atoms with Crippen molar-refractivity contribution in [2.75, 3.05) is 11.1 Å². The van der Waals surface area contributed by atoms with Crippen LogP contribution in [0.2, 0.25) is 0 Å². The molecule has 0 radical (unpaired) electrons. The Kier molecular flexibility index (Phi) is 5.59. The van der Waals surface area contributed by atoms with Crippen LogP contribution < -0.4 is 5.32 Å². The monoisotopic (exact) mass is 374 g/mol. The Morgan fingerprint density at radius 2 is 2.00 bits per heavy atom. The van der Waals surface area contributed by atoms with Crippen molar-refractivity contribution in [3.05, 3.63) is 40.9 Å². The predicted octanol–water partition coefficient (Wildman–Crippen LogP) is 5.19. The summed E-state index contributed by atoms with van der Waals surface area (Å²) in [6, 6.07) is 4.58. The van der Waals surface area contributed by atoms with E-state index in [1.165, 1.54) is 35.2 Å². The maximum absolute atomic E-state index is 12.6. The van der Waals surface area contributed by atoms with Gasteiger partial charge in [0.05, 0.1) is 17.0 Å². The fourth-order valence-corrected chi connectivity index (χ4v) is 3.62. The number of thioether (sulfide) groups is 1. The van der Waals surface area contributed by atoms with Gasteiger partial charge in [0.25, 0.3) is 0 Å². The number of benzene rings is 1. The molecule has 0 fully saturated rings. The maximum Gasteiger partial charge on any atom is 0.416 e. The molecular weight excluding hydrogens is 357 g/mol. The van der Waals surface area contributed by atoms with Gasteiger partial charge in [0.1, 0.15) is 0 Å². The number of hydrogen-bond donors (Lipinski definition) is 1. The highest BCUT2D eigenvalue weighted by Crippen LogP contribution is 2.31. The molecule has 24 heavy (non-hydrogen) atoms. The van der Waals surface area contributed by atoms with Crippen LogP contribution in [0.1, 0.15) is 32.0 Å². The lowest BCUT2D eigenvalue weighted by Crippen LogP contribution is -2.15. The molecule has 0 atom stereocenters. The fraction of sp³-hybridized carbons (Fsp3) is 0.375. The van der Waals surface area contributed by atoms with Crippen LogP contribution in [0.15, 0.2) is 34.0 Å². The number of thiazole rings is 1. The van der Waals surface area contributed by atoms with E-state index in [9.17, 15) is 18.0 Å². The van der Waals surface area contributed by atoms with E-state index >= 15 is 0 Å². The first kappa shape index (κ1) is 18.8. The van der Waals surface area contributed by atoms with Gasteiger partial charge in [-0.05, 0) is 18.2 Å². The molecule has 1 aromatic heterocycles. The molecule has 1 aromatic carbocycles. The SMILES string of the molecule is CC(C)(C)c1csc(SCC(=O)Nc2cccc(C(F)(F)F)c2)n1. The van der Waals surface area contributed by atoms with E-state index in [0.717, 1.165) is 22.2 Å². The molecule has 1 N–H and O–H groups in total. The summed E-state index contributed by atoms with van der Waals surface area (Å²) in [5.41, 5.74) is 0.233. The zero-order valence-corrected chi connectivity index (χ0v) is 15.0. The van der Waals surface area contributed by atoms with Crippen LogP contribution in [0.4, 0.5) is 18.9 Å². The molecule has 0 aliphatic heterocycles. The van der Waals surface area contributed by atoms with Crippen LogP contribution in [-0.4, -0.2) is 16.6 Å². The number of amides is 1. The van der Waals surface area contributed by atoms with Crippen LogP contribution in [-0.2, 0) is 16.4 Å². The smallest absolute Gasteiger partial charge is 0.325 e. The van der Waals surface area contributed by atoms with Crippen LogP contribution in [0.25, 0.3) is 0 Å². The standard InChI is InChI=1S/C16H17F3N2OS2/c1-15(2,3)12-8-23-14(21-12)24-9-13(22)20-11-6-4-5-10(7-11)16(17,18)19/h4-8H,9H2,1-3H3,(H,20,22).